The third-order valence-corrected chi connectivity index (χ3v) is 3.49. The van der Waals surface area contributed by atoms with Gasteiger partial charge in [0.15, 0.2) is 5.78 Å². The monoisotopic (exact) mass is 274 g/mol. The van der Waals surface area contributed by atoms with E-state index in [0.29, 0.717) is 0 Å². The molecule has 0 heterocycles. The summed E-state index contributed by atoms with van der Waals surface area (Å²) in [6.07, 6.45) is 1.35. The zero-order chi connectivity index (χ0) is 11.5. The van der Waals surface area contributed by atoms with Crippen LogP contribution in [-0.2, 0) is 4.79 Å². The first kappa shape index (κ1) is 11.1. The van der Waals surface area contributed by atoms with E-state index in [0.717, 1.165) is 16.3 Å². The van der Waals surface area contributed by atoms with Crippen molar-refractivity contribution in [2.24, 2.45) is 0 Å². The highest BCUT2D eigenvalue weighted by atomic mass is 79.9. The van der Waals surface area contributed by atoms with Crippen LogP contribution in [0.3, 0.4) is 0 Å². The normalized spacial score (nSPS) is 12.3. The molecule has 0 aromatic heterocycles. The second-order valence-electron chi connectivity index (χ2n) is 3.54. The minimum atomic E-state index is -0.309. The Hall–Kier alpha value is -1.41. The van der Waals surface area contributed by atoms with Crippen molar-refractivity contribution in [3.05, 3.63) is 60.7 Å². The van der Waals surface area contributed by atoms with Crippen molar-refractivity contribution in [1.82, 2.24) is 0 Å². The first-order valence-electron chi connectivity index (χ1n) is 5.02. The molecule has 0 aliphatic carbocycles. The van der Waals surface area contributed by atoms with Crippen molar-refractivity contribution < 1.29 is 4.79 Å². The standard InChI is InChI=1S/C14H11BrO/c1-2-13(16)14(15)12-9-5-7-10-6-3-4-8-11(10)12/h2-9,14H,1H2. The van der Waals surface area contributed by atoms with Gasteiger partial charge in [-0.05, 0) is 22.4 Å². The van der Waals surface area contributed by atoms with Gasteiger partial charge in [0, 0.05) is 0 Å². The first-order chi connectivity index (χ1) is 7.74. The van der Waals surface area contributed by atoms with Gasteiger partial charge in [-0.15, -0.1) is 0 Å². The maximum Gasteiger partial charge on any atom is 0.173 e. The highest BCUT2D eigenvalue weighted by Gasteiger charge is 2.15. The molecule has 0 spiro atoms. The lowest BCUT2D eigenvalue weighted by molar-refractivity contribution is -0.114. The van der Waals surface area contributed by atoms with Crippen molar-refractivity contribution >= 4 is 32.5 Å². The lowest BCUT2D eigenvalue weighted by Gasteiger charge is -2.10. The lowest BCUT2D eigenvalue weighted by Crippen LogP contribution is -2.02. The van der Waals surface area contributed by atoms with Gasteiger partial charge in [0.05, 0.1) is 0 Å². The second kappa shape index (κ2) is 4.62. The molecule has 0 fully saturated rings. The van der Waals surface area contributed by atoms with Gasteiger partial charge in [0.2, 0.25) is 0 Å². The van der Waals surface area contributed by atoms with E-state index < -0.39 is 0 Å². The molecular formula is C14H11BrO. The van der Waals surface area contributed by atoms with E-state index >= 15 is 0 Å². The molecular weight excluding hydrogens is 264 g/mol. The number of carbonyl (C=O) groups is 1. The third-order valence-electron chi connectivity index (χ3n) is 2.55. The molecule has 2 heteroatoms. The lowest BCUT2D eigenvalue weighted by atomic mass is 10.0. The largest absolute Gasteiger partial charge is 0.293 e. The molecule has 1 unspecified atom stereocenters. The molecule has 80 valence electrons. The van der Waals surface area contributed by atoms with E-state index in [4.69, 9.17) is 0 Å². The Morgan fingerprint density at radius 3 is 2.62 bits per heavy atom. The van der Waals surface area contributed by atoms with Gasteiger partial charge in [-0.1, -0.05) is 65.0 Å². The molecule has 0 saturated heterocycles. The Morgan fingerprint density at radius 2 is 1.88 bits per heavy atom. The zero-order valence-electron chi connectivity index (χ0n) is 8.69. The second-order valence-corrected chi connectivity index (χ2v) is 4.45. The quantitative estimate of drug-likeness (QED) is 0.610. The Balaban J connectivity index is 2.60. The number of hydrogen-bond acceptors (Lipinski definition) is 1. The molecule has 0 radical (unpaired) electrons. The summed E-state index contributed by atoms with van der Waals surface area (Å²) < 4.78 is 0. The fraction of sp³-hybridized carbons (Fsp3) is 0.0714. The van der Waals surface area contributed by atoms with Crippen LogP contribution >= 0.6 is 15.9 Å². The van der Waals surface area contributed by atoms with Crippen molar-refractivity contribution in [3.8, 4) is 0 Å². The van der Waals surface area contributed by atoms with Crippen LogP contribution in [0.2, 0.25) is 0 Å². The Labute approximate surface area is 103 Å². The Kier molecular flexibility index (Phi) is 3.20. The van der Waals surface area contributed by atoms with Crippen molar-refractivity contribution in [1.29, 1.82) is 0 Å². The number of rotatable bonds is 3. The third kappa shape index (κ3) is 1.93. The van der Waals surface area contributed by atoms with Crippen LogP contribution in [0.5, 0.6) is 0 Å². The Bertz CT molecular complexity index is 540. The summed E-state index contributed by atoms with van der Waals surface area (Å²) in [7, 11) is 0. The Morgan fingerprint density at radius 1 is 1.19 bits per heavy atom. The SMILES string of the molecule is C=CC(=O)C(Br)c1cccc2ccccc12. The molecule has 0 N–H and O–H groups in total. The van der Waals surface area contributed by atoms with E-state index in [9.17, 15) is 4.79 Å². The summed E-state index contributed by atoms with van der Waals surface area (Å²) >= 11 is 3.41. The number of benzene rings is 2. The summed E-state index contributed by atoms with van der Waals surface area (Å²) in [6, 6.07) is 14.0. The van der Waals surface area contributed by atoms with E-state index in [2.05, 4.69) is 22.5 Å². The predicted octanol–water partition coefficient (Wildman–Crippen LogP) is 4.03. The van der Waals surface area contributed by atoms with Crippen LogP contribution in [-0.4, -0.2) is 5.78 Å². The van der Waals surface area contributed by atoms with Crippen LogP contribution in [0, 0.1) is 0 Å². The van der Waals surface area contributed by atoms with E-state index in [1.165, 1.54) is 6.08 Å². The fourth-order valence-electron chi connectivity index (χ4n) is 1.73. The summed E-state index contributed by atoms with van der Waals surface area (Å²) in [5.74, 6) is -0.0173. The summed E-state index contributed by atoms with van der Waals surface area (Å²) in [5, 5.41) is 2.24. The summed E-state index contributed by atoms with van der Waals surface area (Å²) in [5.41, 5.74) is 0.989. The number of carbonyl (C=O) groups excluding carboxylic acids is 1. The van der Waals surface area contributed by atoms with Gasteiger partial charge < -0.3 is 0 Å². The summed E-state index contributed by atoms with van der Waals surface area (Å²) in [4.78, 5) is 11.3. The molecule has 0 aliphatic rings. The zero-order valence-corrected chi connectivity index (χ0v) is 10.3. The highest BCUT2D eigenvalue weighted by molar-refractivity contribution is 9.09. The van der Waals surface area contributed by atoms with Gasteiger partial charge in [0.1, 0.15) is 4.83 Å². The molecule has 2 aromatic carbocycles. The van der Waals surface area contributed by atoms with Crippen molar-refractivity contribution in [2.75, 3.05) is 0 Å². The molecule has 16 heavy (non-hydrogen) atoms. The number of halogens is 1. The van der Waals surface area contributed by atoms with Gasteiger partial charge in [-0.25, -0.2) is 0 Å². The van der Waals surface area contributed by atoms with E-state index in [-0.39, 0.29) is 10.6 Å². The number of ketones is 1. The first-order valence-corrected chi connectivity index (χ1v) is 5.93. The van der Waals surface area contributed by atoms with Gasteiger partial charge >= 0.3 is 0 Å². The molecule has 2 rings (SSSR count). The van der Waals surface area contributed by atoms with E-state index in [1.807, 2.05) is 42.5 Å². The van der Waals surface area contributed by atoms with Gasteiger partial charge in [-0.2, -0.15) is 0 Å². The molecule has 0 aliphatic heterocycles. The van der Waals surface area contributed by atoms with Crippen LogP contribution in [0.25, 0.3) is 10.8 Å². The number of allylic oxidation sites excluding steroid dienone is 1. The minimum Gasteiger partial charge on any atom is -0.293 e. The van der Waals surface area contributed by atoms with Crippen LogP contribution < -0.4 is 0 Å². The maximum atomic E-state index is 11.6. The van der Waals surface area contributed by atoms with Crippen molar-refractivity contribution in [3.63, 3.8) is 0 Å². The smallest absolute Gasteiger partial charge is 0.173 e. The average Bonchev–Trinajstić information content (AvgIpc) is 2.36. The highest BCUT2D eigenvalue weighted by Crippen LogP contribution is 2.30. The maximum absolute atomic E-state index is 11.6. The van der Waals surface area contributed by atoms with E-state index in [1.54, 1.807) is 0 Å². The molecule has 2 aromatic rings. The number of alkyl halides is 1. The fourth-order valence-corrected chi connectivity index (χ4v) is 2.31. The number of hydrogen-bond donors (Lipinski definition) is 0. The molecule has 0 amide bonds. The van der Waals surface area contributed by atoms with Crippen molar-refractivity contribution in [2.45, 2.75) is 4.83 Å². The van der Waals surface area contributed by atoms with Crippen LogP contribution in [0.4, 0.5) is 0 Å². The topological polar surface area (TPSA) is 17.1 Å². The molecule has 0 bridgehead atoms. The molecule has 1 nitrogen and oxygen atoms in total. The number of fused-ring (bicyclic) bond motifs is 1. The van der Waals surface area contributed by atoms with Gasteiger partial charge in [-0.3, -0.25) is 4.79 Å². The predicted molar refractivity (Wildman–Crippen MR) is 70.8 cm³/mol. The van der Waals surface area contributed by atoms with Gasteiger partial charge in [0.25, 0.3) is 0 Å². The van der Waals surface area contributed by atoms with Crippen LogP contribution in [0.1, 0.15) is 10.4 Å². The minimum absolute atomic E-state index is 0.0173. The average molecular weight is 275 g/mol. The summed E-state index contributed by atoms with van der Waals surface area (Å²) in [6.45, 7) is 3.51. The molecule has 1 atom stereocenters. The molecule has 0 saturated carbocycles. The van der Waals surface area contributed by atoms with Crippen LogP contribution in [0.15, 0.2) is 55.1 Å².